The fourth-order valence-electron chi connectivity index (χ4n) is 1.41. The molecule has 0 radical (unpaired) electrons. The van der Waals surface area contributed by atoms with Gasteiger partial charge in [-0.05, 0) is 24.3 Å². The number of nitrogens with one attached hydrogen (secondary N) is 1. The van der Waals surface area contributed by atoms with E-state index in [0.717, 1.165) is 5.56 Å². The molecule has 0 saturated heterocycles. The smallest absolute Gasteiger partial charge is 0.179 e. The van der Waals surface area contributed by atoms with Crippen molar-refractivity contribution in [1.29, 1.82) is 0 Å². The van der Waals surface area contributed by atoms with E-state index in [1.54, 1.807) is 12.1 Å². The van der Waals surface area contributed by atoms with Gasteiger partial charge < -0.3 is 9.72 Å². The van der Waals surface area contributed by atoms with Crippen LogP contribution in [-0.4, -0.2) is 17.1 Å². The Balaban J connectivity index is 2.60. The Bertz CT molecular complexity index is 551. The van der Waals surface area contributed by atoms with Gasteiger partial charge in [-0.2, -0.15) is 0 Å². The topological polar surface area (TPSA) is 37.9 Å². The maximum atomic E-state index is 12.8. The molecule has 0 fully saturated rings. The highest BCUT2D eigenvalue weighted by Crippen LogP contribution is 2.27. The van der Waals surface area contributed by atoms with Crippen molar-refractivity contribution in [3.8, 4) is 17.0 Å². The lowest BCUT2D eigenvalue weighted by Crippen LogP contribution is -1.94. The lowest BCUT2D eigenvalue weighted by Gasteiger charge is -2.07. The lowest BCUT2D eigenvalue weighted by atomic mass is 10.1. The van der Waals surface area contributed by atoms with Gasteiger partial charge in [-0.15, -0.1) is 0 Å². The summed E-state index contributed by atoms with van der Waals surface area (Å²) in [5, 5.41) is 0. The van der Waals surface area contributed by atoms with Crippen LogP contribution in [-0.2, 0) is 0 Å². The van der Waals surface area contributed by atoms with Gasteiger partial charge in [-0.3, -0.25) is 0 Å². The maximum absolute atomic E-state index is 12.8. The minimum atomic E-state index is -0.282. The fraction of sp³-hybridized carbons (Fsp3) is 0.0909. The van der Waals surface area contributed by atoms with Gasteiger partial charge in [0.1, 0.15) is 5.82 Å². The van der Waals surface area contributed by atoms with Crippen molar-refractivity contribution in [3.63, 3.8) is 0 Å². The average molecular weight is 236 g/mol. The summed E-state index contributed by atoms with van der Waals surface area (Å²) in [5.74, 6) is 0.208. The number of H-pyrrole nitrogens is 1. The van der Waals surface area contributed by atoms with Crippen LogP contribution in [0.4, 0.5) is 4.39 Å². The molecule has 3 nitrogen and oxygen atoms in total. The third-order valence-corrected chi connectivity index (χ3v) is 2.44. The molecule has 0 spiro atoms. The summed E-state index contributed by atoms with van der Waals surface area (Å²) in [4.78, 5) is 6.85. The first kappa shape index (κ1) is 10.8. The molecular formula is C11H9FN2OS. The standard InChI is InChI=1S/C11H9FN2OS/c1-15-10-9(13-6-14-11(10)16)7-2-4-8(12)5-3-7/h2-6H,1H3,(H,13,14,16). The minimum absolute atomic E-state index is 0.282. The van der Waals surface area contributed by atoms with Crippen LogP contribution >= 0.6 is 12.2 Å². The zero-order valence-electron chi connectivity index (χ0n) is 8.53. The van der Waals surface area contributed by atoms with Crippen molar-refractivity contribution in [3.05, 3.63) is 41.1 Å². The fourth-order valence-corrected chi connectivity index (χ4v) is 1.65. The molecule has 0 bridgehead atoms. The highest BCUT2D eigenvalue weighted by molar-refractivity contribution is 7.71. The van der Waals surface area contributed by atoms with E-state index in [1.807, 2.05) is 0 Å². The van der Waals surface area contributed by atoms with Gasteiger partial charge in [0.05, 0.1) is 19.1 Å². The van der Waals surface area contributed by atoms with Crippen LogP contribution < -0.4 is 4.74 Å². The van der Waals surface area contributed by atoms with Crippen molar-refractivity contribution < 1.29 is 9.13 Å². The summed E-state index contributed by atoms with van der Waals surface area (Å²) >= 11 is 5.03. The van der Waals surface area contributed by atoms with E-state index in [0.29, 0.717) is 16.1 Å². The van der Waals surface area contributed by atoms with Crippen LogP contribution in [0.2, 0.25) is 0 Å². The molecule has 16 heavy (non-hydrogen) atoms. The largest absolute Gasteiger partial charge is 0.491 e. The molecule has 0 amide bonds. The van der Waals surface area contributed by atoms with Crippen LogP contribution in [0, 0.1) is 10.5 Å². The van der Waals surface area contributed by atoms with Crippen LogP contribution in [0.1, 0.15) is 0 Å². The lowest BCUT2D eigenvalue weighted by molar-refractivity contribution is 0.411. The van der Waals surface area contributed by atoms with Crippen molar-refractivity contribution >= 4 is 12.2 Å². The van der Waals surface area contributed by atoms with Crippen molar-refractivity contribution in [2.75, 3.05) is 7.11 Å². The average Bonchev–Trinajstić information content (AvgIpc) is 2.30. The summed E-state index contributed by atoms with van der Waals surface area (Å²) in [6, 6.07) is 6.06. The molecule has 1 N–H and O–H groups in total. The minimum Gasteiger partial charge on any atom is -0.491 e. The normalized spacial score (nSPS) is 10.1. The molecule has 0 aliphatic rings. The Labute approximate surface area is 96.9 Å². The molecule has 0 atom stereocenters. The summed E-state index contributed by atoms with van der Waals surface area (Å²) in [5.41, 5.74) is 1.49. The second kappa shape index (κ2) is 4.40. The zero-order valence-corrected chi connectivity index (χ0v) is 9.34. The number of aromatic amines is 1. The van der Waals surface area contributed by atoms with Gasteiger partial charge in [0.25, 0.3) is 0 Å². The van der Waals surface area contributed by atoms with Crippen LogP contribution in [0.3, 0.4) is 0 Å². The number of halogens is 1. The van der Waals surface area contributed by atoms with E-state index in [-0.39, 0.29) is 5.82 Å². The molecule has 2 aromatic rings. The summed E-state index contributed by atoms with van der Waals surface area (Å²) in [7, 11) is 1.52. The third-order valence-electron chi connectivity index (χ3n) is 2.15. The molecular weight excluding hydrogens is 227 g/mol. The first-order valence-corrected chi connectivity index (χ1v) is 5.01. The summed E-state index contributed by atoms with van der Waals surface area (Å²) in [6.07, 6.45) is 1.49. The molecule has 0 unspecified atom stereocenters. The molecule has 82 valence electrons. The summed E-state index contributed by atoms with van der Waals surface area (Å²) in [6.45, 7) is 0. The van der Waals surface area contributed by atoms with Crippen molar-refractivity contribution in [2.45, 2.75) is 0 Å². The van der Waals surface area contributed by atoms with Gasteiger partial charge >= 0.3 is 0 Å². The molecule has 1 aromatic carbocycles. The number of methoxy groups -OCH3 is 1. The monoisotopic (exact) mass is 236 g/mol. The summed E-state index contributed by atoms with van der Waals surface area (Å²) < 4.78 is 18.3. The van der Waals surface area contributed by atoms with Gasteiger partial charge in [0, 0.05) is 5.56 Å². The number of hydrogen-bond donors (Lipinski definition) is 1. The van der Waals surface area contributed by atoms with Gasteiger partial charge in [0.15, 0.2) is 10.4 Å². The maximum Gasteiger partial charge on any atom is 0.179 e. The number of rotatable bonds is 2. The van der Waals surface area contributed by atoms with E-state index < -0.39 is 0 Å². The quantitative estimate of drug-likeness (QED) is 0.815. The highest BCUT2D eigenvalue weighted by Gasteiger charge is 2.08. The number of benzene rings is 1. The predicted molar refractivity (Wildman–Crippen MR) is 61.4 cm³/mol. The van der Waals surface area contributed by atoms with E-state index in [4.69, 9.17) is 17.0 Å². The van der Waals surface area contributed by atoms with E-state index >= 15 is 0 Å². The zero-order chi connectivity index (χ0) is 11.5. The first-order chi connectivity index (χ1) is 7.72. The number of aromatic nitrogens is 2. The molecule has 0 aliphatic heterocycles. The predicted octanol–water partition coefficient (Wildman–Crippen LogP) is 2.95. The van der Waals surface area contributed by atoms with Crippen LogP contribution in [0.5, 0.6) is 5.75 Å². The van der Waals surface area contributed by atoms with Crippen molar-refractivity contribution in [1.82, 2.24) is 9.97 Å². The van der Waals surface area contributed by atoms with Gasteiger partial charge in [-0.1, -0.05) is 12.2 Å². The first-order valence-electron chi connectivity index (χ1n) is 4.60. The Hall–Kier alpha value is -1.75. The van der Waals surface area contributed by atoms with E-state index in [1.165, 1.54) is 25.6 Å². The number of hydrogen-bond acceptors (Lipinski definition) is 3. The highest BCUT2D eigenvalue weighted by atomic mass is 32.1. The van der Waals surface area contributed by atoms with Gasteiger partial charge in [0.2, 0.25) is 0 Å². The van der Waals surface area contributed by atoms with E-state index in [9.17, 15) is 4.39 Å². The number of nitrogens with zero attached hydrogens (tertiary/aromatic N) is 1. The Morgan fingerprint density at radius 2 is 2.00 bits per heavy atom. The number of ether oxygens (including phenoxy) is 1. The van der Waals surface area contributed by atoms with Crippen LogP contribution in [0.25, 0.3) is 11.3 Å². The Morgan fingerprint density at radius 3 is 2.62 bits per heavy atom. The molecule has 5 heteroatoms. The Kier molecular flexibility index (Phi) is 2.96. The van der Waals surface area contributed by atoms with E-state index in [2.05, 4.69) is 9.97 Å². The molecule has 1 heterocycles. The Morgan fingerprint density at radius 1 is 1.31 bits per heavy atom. The third kappa shape index (κ3) is 1.94. The molecule has 0 aliphatic carbocycles. The second-order valence-corrected chi connectivity index (χ2v) is 3.51. The second-order valence-electron chi connectivity index (χ2n) is 3.12. The SMILES string of the molecule is COc1c(-c2ccc(F)cc2)[nH]cnc1=S. The molecule has 2 rings (SSSR count). The molecule has 0 saturated carbocycles. The van der Waals surface area contributed by atoms with Gasteiger partial charge in [-0.25, -0.2) is 9.37 Å². The van der Waals surface area contributed by atoms with Crippen LogP contribution in [0.15, 0.2) is 30.6 Å². The van der Waals surface area contributed by atoms with Crippen molar-refractivity contribution in [2.24, 2.45) is 0 Å². The molecule has 1 aromatic heterocycles.